The Hall–Kier alpha value is -0.730. The van der Waals surface area contributed by atoms with Gasteiger partial charge in [0, 0.05) is 6.04 Å². The topological polar surface area (TPSA) is 38.3 Å². The zero-order valence-electron chi connectivity index (χ0n) is 13.5. The van der Waals surface area contributed by atoms with Crippen LogP contribution >= 0.6 is 0 Å². The van der Waals surface area contributed by atoms with Gasteiger partial charge in [-0.2, -0.15) is 0 Å². The summed E-state index contributed by atoms with van der Waals surface area (Å²) in [6.07, 6.45) is 5.69. The van der Waals surface area contributed by atoms with E-state index in [0.29, 0.717) is 11.3 Å². The Morgan fingerprint density at radius 2 is 1.68 bits per heavy atom. The molecule has 1 fully saturated rings. The van der Waals surface area contributed by atoms with E-state index in [-0.39, 0.29) is 12.1 Å². The van der Waals surface area contributed by atoms with Crippen molar-refractivity contribution in [2.75, 3.05) is 0 Å². The third-order valence-electron chi connectivity index (χ3n) is 3.49. The Labute approximate surface area is 118 Å². The van der Waals surface area contributed by atoms with Crippen LogP contribution in [0.2, 0.25) is 0 Å². The first kappa shape index (κ1) is 16.3. The molecule has 112 valence electrons. The summed E-state index contributed by atoms with van der Waals surface area (Å²) in [5.74, 6) is 0.585. The molecule has 0 aromatic heterocycles. The summed E-state index contributed by atoms with van der Waals surface area (Å²) < 4.78 is 5.37. The molecule has 0 aliphatic heterocycles. The van der Waals surface area contributed by atoms with Crippen LogP contribution in [0.15, 0.2) is 0 Å². The van der Waals surface area contributed by atoms with Gasteiger partial charge in [-0.1, -0.05) is 33.6 Å². The minimum atomic E-state index is -0.418. The molecule has 1 amide bonds. The van der Waals surface area contributed by atoms with Crippen LogP contribution in [0.5, 0.6) is 0 Å². The number of ether oxygens (including phenoxy) is 1. The molecule has 0 unspecified atom stereocenters. The summed E-state index contributed by atoms with van der Waals surface area (Å²) in [4.78, 5) is 11.9. The molecule has 0 aromatic carbocycles. The van der Waals surface area contributed by atoms with Crippen LogP contribution in [-0.4, -0.2) is 17.7 Å². The van der Waals surface area contributed by atoms with Crippen molar-refractivity contribution in [2.45, 2.75) is 85.3 Å². The second-order valence-electron chi connectivity index (χ2n) is 8.06. The first-order chi connectivity index (χ1) is 8.57. The van der Waals surface area contributed by atoms with E-state index in [0.717, 1.165) is 12.8 Å². The number of hydrogen-bond acceptors (Lipinski definition) is 2. The normalized spacial score (nSPS) is 24.9. The van der Waals surface area contributed by atoms with E-state index in [4.69, 9.17) is 4.74 Å². The van der Waals surface area contributed by atoms with Gasteiger partial charge in [0.15, 0.2) is 0 Å². The molecule has 0 spiro atoms. The Balaban J connectivity index is 2.55. The Kier molecular flexibility index (Phi) is 5.28. The Bertz CT molecular complexity index is 299. The molecule has 2 atom stereocenters. The van der Waals surface area contributed by atoms with E-state index < -0.39 is 5.60 Å². The van der Waals surface area contributed by atoms with Crippen molar-refractivity contribution in [3.8, 4) is 0 Å². The van der Waals surface area contributed by atoms with Gasteiger partial charge in [-0.25, -0.2) is 4.79 Å². The highest BCUT2D eigenvalue weighted by molar-refractivity contribution is 5.68. The third-order valence-corrected chi connectivity index (χ3v) is 3.49. The molecule has 0 heterocycles. The van der Waals surface area contributed by atoms with Crippen LogP contribution in [-0.2, 0) is 4.74 Å². The highest BCUT2D eigenvalue weighted by Crippen LogP contribution is 2.34. The van der Waals surface area contributed by atoms with Crippen molar-refractivity contribution in [2.24, 2.45) is 11.3 Å². The summed E-state index contributed by atoms with van der Waals surface area (Å²) >= 11 is 0. The third kappa shape index (κ3) is 6.84. The minimum absolute atomic E-state index is 0.265. The quantitative estimate of drug-likeness (QED) is 0.801. The van der Waals surface area contributed by atoms with Crippen molar-refractivity contribution in [1.82, 2.24) is 5.32 Å². The molecule has 1 aliphatic carbocycles. The fourth-order valence-corrected chi connectivity index (χ4v) is 2.89. The zero-order valence-corrected chi connectivity index (χ0v) is 13.5. The average molecular weight is 269 g/mol. The predicted octanol–water partition coefficient (Wildman–Crippen LogP) is 4.51. The molecule has 3 nitrogen and oxygen atoms in total. The lowest BCUT2D eigenvalue weighted by molar-refractivity contribution is 0.0454. The summed E-state index contributed by atoms with van der Waals surface area (Å²) in [6, 6.07) is 0.280. The van der Waals surface area contributed by atoms with E-state index in [1.165, 1.54) is 19.3 Å². The van der Waals surface area contributed by atoms with E-state index in [1.54, 1.807) is 0 Å². The molecule has 3 heteroatoms. The van der Waals surface area contributed by atoms with E-state index in [2.05, 4.69) is 26.1 Å². The number of hydrogen-bond donors (Lipinski definition) is 1. The van der Waals surface area contributed by atoms with E-state index in [9.17, 15) is 4.79 Å². The van der Waals surface area contributed by atoms with Gasteiger partial charge in [0.25, 0.3) is 0 Å². The monoisotopic (exact) mass is 269 g/mol. The van der Waals surface area contributed by atoms with Crippen molar-refractivity contribution in [3.63, 3.8) is 0 Å². The molecule has 0 aromatic rings. The van der Waals surface area contributed by atoms with Gasteiger partial charge in [-0.3, -0.25) is 0 Å². The molecular formula is C16H31NO2. The van der Waals surface area contributed by atoms with Crippen LogP contribution in [0.1, 0.15) is 73.6 Å². The molecule has 1 N–H and O–H groups in total. The van der Waals surface area contributed by atoms with Gasteiger partial charge in [-0.05, 0) is 51.4 Å². The average Bonchev–Trinajstić information content (AvgIpc) is 2.15. The maximum Gasteiger partial charge on any atom is 0.407 e. The molecule has 0 radical (unpaired) electrons. The highest BCUT2D eigenvalue weighted by atomic mass is 16.6. The summed E-state index contributed by atoms with van der Waals surface area (Å²) in [6.45, 7) is 12.5. The Morgan fingerprint density at radius 3 is 2.21 bits per heavy atom. The maximum atomic E-state index is 11.9. The van der Waals surface area contributed by atoms with E-state index in [1.807, 2.05) is 20.8 Å². The zero-order chi connectivity index (χ0) is 14.7. The second-order valence-corrected chi connectivity index (χ2v) is 8.06. The number of alkyl carbamates (subject to hydrolysis) is 1. The highest BCUT2D eigenvalue weighted by Gasteiger charge is 2.31. The minimum Gasteiger partial charge on any atom is -0.444 e. The van der Waals surface area contributed by atoms with Gasteiger partial charge in [0.2, 0.25) is 0 Å². The predicted molar refractivity (Wildman–Crippen MR) is 79.2 cm³/mol. The van der Waals surface area contributed by atoms with Gasteiger partial charge in [-0.15, -0.1) is 0 Å². The summed E-state index contributed by atoms with van der Waals surface area (Å²) in [7, 11) is 0. The standard InChI is InChI=1S/C16H31NO2/c1-15(2,3)11-12-9-7-8-10-13(12)17-14(18)19-16(4,5)6/h12-13H,7-11H2,1-6H3,(H,17,18)/t12-,13+/m0/s1. The van der Waals surface area contributed by atoms with Crippen molar-refractivity contribution in [3.05, 3.63) is 0 Å². The van der Waals surface area contributed by atoms with Crippen LogP contribution in [0.3, 0.4) is 0 Å². The van der Waals surface area contributed by atoms with Crippen LogP contribution in [0, 0.1) is 11.3 Å². The fraction of sp³-hybridized carbons (Fsp3) is 0.938. The lowest BCUT2D eigenvalue weighted by Gasteiger charge is -2.36. The maximum absolute atomic E-state index is 11.9. The molecule has 0 saturated heterocycles. The van der Waals surface area contributed by atoms with Crippen LogP contribution in [0.25, 0.3) is 0 Å². The number of carbonyl (C=O) groups is 1. The van der Waals surface area contributed by atoms with Crippen LogP contribution in [0.4, 0.5) is 4.79 Å². The lowest BCUT2D eigenvalue weighted by Crippen LogP contribution is -2.45. The number of rotatable bonds is 2. The summed E-state index contributed by atoms with van der Waals surface area (Å²) in [5, 5.41) is 3.09. The number of carbonyl (C=O) groups excluding carboxylic acids is 1. The molecule has 1 rings (SSSR count). The largest absolute Gasteiger partial charge is 0.444 e. The van der Waals surface area contributed by atoms with Gasteiger partial charge in [0.05, 0.1) is 0 Å². The first-order valence-electron chi connectivity index (χ1n) is 7.56. The molecule has 0 bridgehead atoms. The molecule has 1 saturated carbocycles. The van der Waals surface area contributed by atoms with Gasteiger partial charge in [0.1, 0.15) is 5.60 Å². The fourth-order valence-electron chi connectivity index (χ4n) is 2.89. The van der Waals surface area contributed by atoms with Gasteiger partial charge >= 0.3 is 6.09 Å². The molecule has 1 aliphatic rings. The van der Waals surface area contributed by atoms with Crippen molar-refractivity contribution in [1.29, 1.82) is 0 Å². The Morgan fingerprint density at radius 1 is 1.11 bits per heavy atom. The SMILES string of the molecule is CC(C)(C)C[C@@H]1CCCC[C@H]1NC(=O)OC(C)(C)C. The van der Waals surface area contributed by atoms with Crippen molar-refractivity contribution < 1.29 is 9.53 Å². The summed E-state index contributed by atoms with van der Waals surface area (Å²) in [5.41, 5.74) is -0.103. The lowest BCUT2D eigenvalue weighted by atomic mass is 9.75. The van der Waals surface area contributed by atoms with Gasteiger partial charge < -0.3 is 10.1 Å². The molecule has 19 heavy (non-hydrogen) atoms. The van der Waals surface area contributed by atoms with Crippen molar-refractivity contribution >= 4 is 6.09 Å². The second kappa shape index (κ2) is 6.15. The smallest absolute Gasteiger partial charge is 0.407 e. The van der Waals surface area contributed by atoms with Crippen LogP contribution < -0.4 is 5.32 Å². The van der Waals surface area contributed by atoms with E-state index >= 15 is 0 Å². The number of nitrogens with one attached hydrogen (secondary N) is 1. The number of amides is 1. The first-order valence-corrected chi connectivity index (χ1v) is 7.56. The molecular weight excluding hydrogens is 238 g/mol.